The Kier molecular flexibility index (Phi) is 7.48. The summed E-state index contributed by atoms with van der Waals surface area (Å²) >= 11 is 18.0. The van der Waals surface area contributed by atoms with Gasteiger partial charge in [0.25, 0.3) is 0 Å². The summed E-state index contributed by atoms with van der Waals surface area (Å²) < 4.78 is 0. The monoisotopic (exact) mass is 356 g/mol. The molecular weight excluding hydrogens is 339 g/mol. The highest BCUT2D eigenvalue weighted by Gasteiger charge is 2.39. The van der Waals surface area contributed by atoms with Crippen LogP contribution in [0.25, 0.3) is 0 Å². The van der Waals surface area contributed by atoms with Crippen molar-refractivity contribution in [2.24, 2.45) is 17.8 Å². The van der Waals surface area contributed by atoms with E-state index >= 15 is 0 Å². The summed E-state index contributed by atoms with van der Waals surface area (Å²) in [7, 11) is 0. The number of aliphatic hydroxyl groups is 1. The lowest BCUT2D eigenvalue weighted by Crippen LogP contribution is -2.38. The molecule has 0 bridgehead atoms. The van der Waals surface area contributed by atoms with Crippen LogP contribution in [0.15, 0.2) is 11.1 Å². The van der Waals surface area contributed by atoms with Crippen LogP contribution in [0.5, 0.6) is 0 Å². The number of aliphatic carboxylic acids is 1. The summed E-state index contributed by atoms with van der Waals surface area (Å²) in [5.41, 5.74) is 0. The van der Waals surface area contributed by atoms with Crippen molar-refractivity contribution >= 4 is 46.6 Å². The fourth-order valence-corrected chi connectivity index (χ4v) is 3.46. The molecule has 0 aromatic heterocycles. The van der Waals surface area contributed by atoms with E-state index < -0.39 is 11.9 Å². The molecule has 5 unspecified atom stereocenters. The predicted molar refractivity (Wildman–Crippen MR) is 82.9 cm³/mol. The molecule has 0 heterocycles. The molecule has 4 nitrogen and oxygen atoms in total. The van der Waals surface area contributed by atoms with Crippen molar-refractivity contribution in [2.45, 2.75) is 36.9 Å². The topological polar surface area (TPSA) is 74.6 Å². The Hall–Kier alpha value is -0.290. The number of carbonyl (C=O) groups excluding carboxylic acids is 1. The summed E-state index contributed by atoms with van der Waals surface area (Å²) in [6, 6.07) is 0. The number of rotatable bonds is 6. The van der Waals surface area contributed by atoms with Gasteiger partial charge in [-0.05, 0) is 25.2 Å². The van der Waals surface area contributed by atoms with Crippen LogP contribution in [0.4, 0.5) is 0 Å². The van der Waals surface area contributed by atoms with Gasteiger partial charge in [-0.25, -0.2) is 0 Å². The number of hydrogen-bond donors (Lipinski definition) is 2. The number of alkyl halides is 2. The van der Waals surface area contributed by atoms with Crippen LogP contribution >= 0.6 is 34.8 Å². The molecule has 0 aliphatic heterocycles. The number of hydrogen-bond acceptors (Lipinski definition) is 3. The molecule has 1 aliphatic carbocycles. The van der Waals surface area contributed by atoms with Crippen LogP contribution in [-0.2, 0) is 9.59 Å². The zero-order chi connectivity index (χ0) is 16.2. The van der Waals surface area contributed by atoms with Crippen molar-refractivity contribution in [1.29, 1.82) is 0 Å². The third-order valence-electron chi connectivity index (χ3n) is 3.84. The zero-order valence-corrected chi connectivity index (χ0v) is 13.9. The molecule has 21 heavy (non-hydrogen) atoms. The molecule has 1 rings (SSSR count). The lowest BCUT2D eigenvalue weighted by atomic mass is 9.74. The highest BCUT2D eigenvalue weighted by atomic mass is 35.5. The first kappa shape index (κ1) is 18.8. The second kappa shape index (κ2) is 8.37. The molecule has 5 atom stereocenters. The SMILES string of the molecule is CC(=O)C(Cl)=CC(CO)CC1CC(Cl)C(Cl)CC1C(=O)O. The molecule has 1 aliphatic rings. The average Bonchev–Trinajstić information content (AvgIpc) is 2.40. The maximum atomic E-state index is 11.4. The van der Waals surface area contributed by atoms with Crippen LogP contribution in [0, 0.1) is 17.8 Å². The second-order valence-electron chi connectivity index (χ2n) is 5.46. The molecule has 7 heteroatoms. The molecular formula is C14H19Cl3O4. The molecule has 120 valence electrons. The molecule has 0 aromatic rings. The molecule has 1 saturated carbocycles. The summed E-state index contributed by atoms with van der Waals surface area (Å²) in [5.74, 6) is -2.37. The molecule has 0 radical (unpaired) electrons. The number of halogens is 3. The van der Waals surface area contributed by atoms with E-state index in [1.54, 1.807) is 0 Å². The third-order valence-corrected chi connectivity index (χ3v) is 5.33. The maximum absolute atomic E-state index is 11.4. The Morgan fingerprint density at radius 3 is 2.33 bits per heavy atom. The molecule has 0 spiro atoms. The van der Waals surface area contributed by atoms with Gasteiger partial charge in [-0.2, -0.15) is 0 Å². The number of allylic oxidation sites excluding steroid dienone is 1. The van der Waals surface area contributed by atoms with E-state index in [0.717, 1.165) is 0 Å². The van der Waals surface area contributed by atoms with Crippen molar-refractivity contribution in [3.8, 4) is 0 Å². The van der Waals surface area contributed by atoms with Gasteiger partial charge in [0.15, 0.2) is 5.78 Å². The second-order valence-corrected chi connectivity index (χ2v) is 6.99. The summed E-state index contributed by atoms with van der Waals surface area (Å²) in [6.45, 7) is 1.13. The maximum Gasteiger partial charge on any atom is 0.306 e. The normalized spacial score (nSPS) is 31.8. The number of Topliss-reactive ketones (excluding diaryl/α,β-unsaturated/α-hetero) is 1. The Labute approximate surface area is 139 Å². The number of carboxylic acid groups (broad SMARTS) is 1. The van der Waals surface area contributed by atoms with E-state index in [2.05, 4.69) is 0 Å². The fraction of sp³-hybridized carbons (Fsp3) is 0.714. The minimum atomic E-state index is -0.910. The zero-order valence-electron chi connectivity index (χ0n) is 11.6. The highest BCUT2D eigenvalue weighted by Crippen LogP contribution is 2.39. The van der Waals surface area contributed by atoms with Gasteiger partial charge in [0.2, 0.25) is 0 Å². The smallest absolute Gasteiger partial charge is 0.306 e. The molecule has 2 N–H and O–H groups in total. The number of carbonyl (C=O) groups is 2. The Balaban J connectivity index is 2.83. The van der Waals surface area contributed by atoms with Gasteiger partial charge in [0.05, 0.1) is 21.7 Å². The van der Waals surface area contributed by atoms with Gasteiger partial charge < -0.3 is 10.2 Å². The quantitative estimate of drug-likeness (QED) is 0.566. The van der Waals surface area contributed by atoms with E-state index in [1.165, 1.54) is 13.0 Å². The van der Waals surface area contributed by atoms with E-state index in [0.29, 0.717) is 19.3 Å². The number of carboxylic acids is 1. The first-order valence-electron chi connectivity index (χ1n) is 6.76. The summed E-state index contributed by atoms with van der Waals surface area (Å²) in [4.78, 5) is 22.5. The number of aliphatic hydroxyl groups excluding tert-OH is 1. The van der Waals surface area contributed by atoms with Crippen LogP contribution in [0.3, 0.4) is 0 Å². The Morgan fingerprint density at radius 1 is 1.29 bits per heavy atom. The molecule has 0 saturated heterocycles. The van der Waals surface area contributed by atoms with Crippen LogP contribution in [0.2, 0.25) is 0 Å². The summed E-state index contributed by atoms with van der Waals surface area (Å²) in [6.07, 6.45) is 2.66. The van der Waals surface area contributed by atoms with Crippen molar-refractivity contribution in [1.82, 2.24) is 0 Å². The van der Waals surface area contributed by atoms with Crippen molar-refractivity contribution in [2.75, 3.05) is 6.61 Å². The number of ketones is 1. The third kappa shape index (κ3) is 5.44. The van der Waals surface area contributed by atoms with E-state index in [4.69, 9.17) is 34.8 Å². The minimum Gasteiger partial charge on any atom is -0.481 e. The van der Waals surface area contributed by atoms with Crippen molar-refractivity contribution in [3.63, 3.8) is 0 Å². The first-order chi connectivity index (χ1) is 9.76. The van der Waals surface area contributed by atoms with Gasteiger partial charge in [-0.1, -0.05) is 17.7 Å². The van der Waals surface area contributed by atoms with Gasteiger partial charge in [0.1, 0.15) is 0 Å². The average molecular weight is 358 g/mol. The van der Waals surface area contributed by atoms with E-state index in [9.17, 15) is 19.8 Å². The van der Waals surface area contributed by atoms with Gasteiger partial charge >= 0.3 is 5.97 Å². The highest BCUT2D eigenvalue weighted by molar-refractivity contribution is 6.42. The fourth-order valence-electron chi connectivity index (χ4n) is 2.66. The molecule has 0 aromatic carbocycles. The van der Waals surface area contributed by atoms with Gasteiger partial charge in [-0.3, -0.25) is 9.59 Å². The molecule has 0 amide bonds. The van der Waals surface area contributed by atoms with Crippen molar-refractivity contribution < 1.29 is 19.8 Å². The predicted octanol–water partition coefficient (Wildman–Crippen LogP) is 3.02. The van der Waals surface area contributed by atoms with Crippen LogP contribution in [0.1, 0.15) is 26.2 Å². The first-order valence-corrected chi connectivity index (χ1v) is 8.01. The van der Waals surface area contributed by atoms with Gasteiger partial charge in [0, 0.05) is 19.4 Å². The molecule has 1 fully saturated rings. The Morgan fingerprint density at radius 2 is 1.86 bits per heavy atom. The lowest BCUT2D eigenvalue weighted by Gasteiger charge is -2.35. The van der Waals surface area contributed by atoms with Crippen molar-refractivity contribution in [3.05, 3.63) is 11.1 Å². The van der Waals surface area contributed by atoms with E-state index in [1.807, 2.05) is 0 Å². The Bertz CT molecular complexity index is 424. The summed E-state index contributed by atoms with van der Waals surface area (Å²) in [5, 5.41) is 18.1. The van der Waals surface area contributed by atoms with Gasteiger partial charge in [-0.15, -0.1) is 23.2 Å². The lowest BCUT2D eigenvalue weighted by molar-refractivity contribution is -0.145. The van der Waals surface area contributed by atoms with Crippen LogP contribution in [-0.4, -0.2) is 39.3 Å². The van der Waals surface area contributed by atoms with Crippen LogP contribution < -0.4 is 0 Å². The largest absolute Gasteiger partial charge is 0.481 e. The van der Waals surface area contributed by atoms with E-state index in [-0.39, 0.29) is 40.0 Å². The minimum absolute atomic E-state index is 0.0503. The standard InChI is InChI=1S/C14H19Cl3O4/c1-7(19)11(15)3-8(6-18)2-9-4-12(16)13(17)5-10(9)14(20)21/h3,8-10,12-13,18H,2,4-6H2,1H3,(H,20,21).